The molecule has 0 spiro atoms. The number of nitrogens with zero attached hydrogens (tertiary/aromatic N) is 6. The zero-order chi connectivity index (χ0) is 19.8. The van der Waals surface area contributed by atoms with Crippen LogP contribution >= 0.6 is 23.4 Å². The molecule has 4 rings (SSSR count). The van der Waals surface area contributed by atoms with Crippen LogP contribution in [0.2, 0.25) is 5.02 Å². The molecule has 2 N–H and O–H groups in total. The van der Waals surface area contributed by atoms with Gasteiger partial charge in [0.05, 0.1) is 18.3 Å². The molecule has 1 aliphatic heterocycles. The van der Waals surface area contributed by atoms with Crippen LogP contribution in [0.5, 0.6) is 0 Å². The molecule has 0 fully saturated rings. The Kier molecular flexibility index (Phi) is 5.13. The van der Waals surface area contributed by atoms with E-state index in [1.807, 2.05) is 30.8 Å². The second kappa shape index (κ2) is 7.57. The first-order chi connectivity index (χ1) is 13.4. The Balaban J connectivity index is 1.54. The Bertz CT molecular complexity index is 1010. The molecule has 3 heterocycles. The third kappa shape index (κ3) is 3.65. The van der Waals surface area contributed by atoms with Gasteiger partial charge in [0.15, 0.2) is 11.3 Å². The van der Waals surface area contributed by atoms with E-state index in [0.717, 1.165) is 10.7 Å². The van der Waals surface area contributed by atoms with Gasteiger partial charge in [-0.15, -0.1) is 0 Å². The Morgan fingerprint density at radius 1 is 1.25 bits per heavy atom. The molecule has 0 amide bonds. The van der Waals surface area contributed by atoms with E-state index in [1.54, 1.807) is 34.1 Å². The molecule has 0 saturated carbocycles. The minimum Gasteiger partial charge on any atom is -0.301 e. The average molecular weight is 420 g/mol. The molecule has 28 heavy (non-hydrogen) atoms. The number of aromatic nitrogens is 4. The van der Waals surface area contributed by atoms with Crippen molar-refractivity contribution in [1.82, 2.24) is 19.6 Å². The summed E-state index contributed by atoms with van der Waals surface area (Å²) < 4.78 is 17.5. The van der Waals surface area contributed by atoms with E-state index >= 15 is 0 Å². The molecule has 0 bridgehead atoms. The minimum absolute atomic E-state index is 0.0333. The fourth-order valence-electron chi connectivity index (χ4n) is 2.89. The number of hydrazone groups is 1. The molecule has 2 atom stereocenters. The summed E-state index contributed by atoms with van der Waals surface area (Å²) in [5, 5.41) is 16.4. The van der Waals surface area contributed by atoms with Gasteiger partial charge in [-0.25, -0.2) is 9.40 Å². The van der Waals surface area contributed by atoms with Gasteiger partial charge >= 0.3 is 0 Å². The summed E-state index contributed by atoms with van der Waals surface area (Å²) in [6.45, 7) is 4.19. The van der Waals surface area contributed by atoms with Crippen molar-refractivity contribution in [2.75, 3.05) is 5.01 Å². The number of rotatable bonds is 5. The van der Waals surface area contributed by atoms with Gasteiger partial charge < -0.3 is 5.73 Å². The Labute approximate surface area is 171 Å². The van der Waals surface area contributed by atoms with Crippen molar-refractivity contribution < 1.29 is 4.39 Å². The predicted octanol–water partition coefficient (Wildman–Crippen LogP) is 3.60. The molecule has 3 aromatic rings. The number of thioether (sulfide) groups is 1. The molecule has 10 heteroatoms. The lowest BCUT2D eigenvalue weighted by Gasteiger charge is -2.15. The number of hydrogen-bond acceptors (Lipinski definition) is 6. The maximum absolute atomic E-state index is 14.0. The number of nitrogens with two attached hydrogens (primary N) is 1. The lowest BCUT2D eigenvalue weighted by atomic mass is 10.2. The first kappa shape index (κ1) is 19.0. The van der Waals surface area contributed by atoms with Gasteiger partial charge in [-0.2, -0.15) is 15.3 Å². The number of anilines is 1. The van der Waals surface area contributed by atoms with Crippen LogP contribution in [-0.4, -0.2) is 30.1 Å². The van der Waals surface area contributed by atoms with Crippen molar-refractivity contribution >= 4 is 34.2 Å². The van der Waals surface area contributed by atoms with E-state index in [0.29, 0.717) is 16.4 Å². The molecule has 2 aromatic heterocycles. The van der Waals surface area contributed by atoms with E-state index in [2.05, 4.69) is 15.3 Å². The average Bonchev–Trinajstić information content (AvgIpc) is 3.37. The smallest absolute Gasteiger partial charge is 0.173 e. The second-order valence-electron chi connectivity index (χ2n) is 6.48. The van der Waals surface area contributed by atoms with Gasteiger partial charge in [0.25, 0.3) is 0 Å². The third-order valence-corrected chi connectivity index (χ3v) is 5.89. The van der Waals surface area contributed by atoms with Crippen LogP contribution in [0, 0.1) is 12.7 Å². The molecule has 0 aliphatic carbocycles. The monoisotopic (exact) mass is 419 g/mol. The van der Waals surface area contributed by atoms with E-state index in [9.17, 15) is 4.39 Å². The van der Waals surface area contributed by atoms with Crippen LogP contribution in [-0.2, 0) is 6.54 Å². The summed E-state index contributed by atoms with van der Waals surface area (Å²) in [4.78, 5) is 0. The number of hydrogen-bond donors (Lipinski definition) is 1. The summed E-state index contributed by atoms with van der Waals surface area (Å²) in [6, 6.07) is 8.33. The third-order valence-electron chi connectivity index (χ3n) is 4.43. The lowest BCUT2D eigenvalue weighted by molar-refractivity contribution is 0.584. The van der Waals surface area contributed by atoms with Gasteiger partial charge in [-0.3, -0.25) is 9.36 Å². The summed E-state index contributed by atoms with van der Waals surface area (Å²) in [6.07, 6.45) is 3.67. The highest BCUT2D eigenvalue weighted by Crippen LogP contribution is 2.32. The molecule has 0 radical (unpaired) electrons. The molecular formula is C18H19ClFN7S. The molecule has 0 saturated heterocycles. The van der Waals surface area contributed by atoms with Crippen molar-refractivity contribution in [3.05, 3.63) is 64.8 Å². The Hall–Kier alpha value is -2.36. The zero-order valence-corrected chi connectivity index (χ0v) is 16.9. The van der Waals surface area contributed by atoms with E-state index in [1.165, 1.54) is 17.8 Å². The normalized spacial score (nSPS) is 17.8. The molecule has 1 unspecified atom stereocenters. The molecule has 7 nitrogen and oxygen atoms in total. The van der Waals surface area contributed by atoms with Gasteiger partial charge in [0.1, 0.15) is 10.9 Å². The van der Waals surface area contributed by atoms with Crippen molar-refractivity contribution in [1.29, 1.82) is 0 Å². The maximum atomic E-state index is 14.0. The summed E-state index contributed by atoms with van der Waals surface area (Å²) in [5.41, 5.74) is 7.19. The minimum atomic E-state index is -0.394. The van der Waals surface area contributed by atoms with Crippen LogP contribution in [0.15, 0.2) is 47.8 Å². The van der Waals surface area contributed by atoms with Crippen LogP contribution < -0.4 is 10.7 Å². The quantitative estimate of drug-likeness (QED) is 0.683. The van der Waals surface area contributed by atoms with Gasteiger partial charge in [0, 0.05) is 29.0 Å². The summed E-state index contributed by atoms with van der Waals surface area (Å²) in [7, 11) is 0. The molecule has 146 valence electrons. The highest BCUT2D eigenvalue weighted by atomic mass is 35.5. The summed E-state index contributed by atoms with van der Waals surface area (Å²) in [5.74, 6) is 0.230. The van der Waals surface area contributed by atoms with Gasteiger partial charge in [-0.1, -0.05) is 29.4 Å². The Morgan fingerprint density at radius 3 is 2.79 bits per heavy atom. The van der Waals surface area contributed by atoms with Crippen molar-refractivity contribution in [2.24, 2.45) is 10.8 Å². The first-order valence-electron chi connectivity index (χ1n) is 8.70. The SMILES string of the molecule is Cc1ccn([C@@H](C)C2=NN(c3ccn(Cc4c(F)cccc4Cl)n3)C(N)S2)n1. The fraction of sp³-hybridized carbons (Fsp3) is 0.278. The van der Waals surface area contributed by atoms with E-state index in [4.69, 9.17) is 17.3 Å². The standard InChI is InChI=1S/C18H19ClFN7S/c1-11-6-9-26(22-11)12(2)17-24-27(18(21)28-17)16-7-8-25(23-16)10-13-14(19)4-3-5-15(13)20/h3-9,12,18H,10,21H2,1-2H3/t12-,18?/m0/s1. The largest absolute Gasteiger partial charge is 0.301 e. The fourth-order valence-corrected chi connectivity index (χ4v) is 4.06. The first-order valence-corrected chi connectivity index (χ1v) is 9.96. The van der Waals surface area contributed by atoms with Crippen molar-refractivity contribution in [3.63, 3.8) is 0 Å². The van der Waals surface area contributed by atoms with E-state index in [-0.39, 0.29) is 18.4 Å². The highest BCUT2D eigenvalue weighted by Gasteiger charge is 2.30. The predicted molar refractivity (Wildman–Crippen MR) is 110 cm³/mol. The number of benzene rings is 1. The topological polar surface area (TPSA) is 77.3 Å². The molecule has 1 aliphatic rings. The molecular weight excluding hydrogens is 401 g/mol. The zero-order valence-electron chi connectivity index (χ0n) is 15.3. The van der Waals surface area contributed by atoms with Gasteiger partial charge in [-0.05, 0) is 32.0 Å². The number of halogens is 2. The number of aryl methyl sites for hydroxylation is 1. The highest BCUT2D eigenvalue weighted by molar-refractivity contribution is 8.14. The Morgan fingerprint density at radius 2 is 2.07 bits per heavy atom. The van der Waals surface area contributed by atoms with Crippen LogP contribution in [0.3, 0.4) is 0 Å². The van der Waals surface area contributed by atoms with Crippen LogP contribution in [0.4, 0.5) is 10.2 Å². The van der Waals surface area contributed by atoms with Crippen molar-refractivity contribution in [3.8, 4) is 0 Å². The lowest BCUT2D eigenvalue weighted by Crippen LogP contribution is -2.32. The van der Waals surface area contributed by atoms with Crippen molar-refractivity contribution in [2.45, 2.75) is 31.9 Å². The van der Waals surface area contributed by atoms with Crippen LogP contribution in [0.1, 0.15) is 24.2 Å². The maximum Gasteiger partial charge on any atom is 0.173 e. The van der Waals surface area contributed by atoms with E-state index < -0.39 is 5.50 Å². The second-order valence-corrected chi connectivity index (χ2v) is 8.02. The van der Waals surface area contributed by atoms with Gasteiger partial charge in [0.2, 0.25) is 0 Å². The molecule has 1 aromatic carbocycles. The summed E-state index contributed by atoms with van der Waals surface area (Å²) >= 11 is 7.57. The van der Waals surface area contributed by atoms with Crippen LogP contribution in [0.25, 0.3) is 0 Å².